The van der Waals surface area contributed by atoms with Crippen LogP contribution in [0.3, 0.4) is 0 Å². The first kappa shape index (κ1) is 23.3. The number of carbonyl (C=O) groups is 4. The van der Waals surface area contributed by atoms with Crippen molar-refractivity contribution < 1.29 is 60.0 Å². The van der Waals surface area contributed by atoms with Crippen molar-refractivity contribution in [3.8, 4) is 0 Å². The molecule has 0 spiro atoms. The Kier molecular flexibility index (Phi) is 18.1. The van der Waals surface area contributed by atoms with Crippen molar-refractivity contribution in [2.24, 2.45) is 0 Å². The van der Waals surface area contributed by atoms with Gasteiger partial charge in [0.1, 0.15) is 0 Å². The predicted molar refractivity (Wildman–Crippen MR) is 41.5 cm³/mol. The highest BCUT2D eigenvalue weighted by Gasteiger charge is 2.01. The summed E-state index contributed by atoms with van der Waals surface area (Å²) >= 11 is 0. The lowest BCUT2D eigenvalue weighted by atomic mass is 11.3. The average molecular weight is 248 g/mol. The molecule has 8 N–H and O–H groups in total. The Morgan fingerprint density at radius 2 is 0.688 bits per heavy atom. The predicted octanol–water partition coefficient (Wildman–Crippen LogP) is -0.931. The minimum atomic E-state index is -1.81. The molecule has 0 radical (unpaired) electrons. The van der Waals surface area contributed by atoms with Crippen LogP contribution in [0.2, 0.25) is 0 Å². The number of rotatable bonds is 0. The maximum absolute atomic E-state index is 9.21. The van der Waals surface area contributed by atoms with Gasteiger partial charge < -0.3 is 40.9 Å². The lowest BCUT2D eigenvalue weighted by Crippen LogP contribution is -2.05. The highest BCUT2D eigenvalue weighted by Crippen LogP contribution is 1.74. The lowest BCUT2D eigenvalue weighted by molar-refractivity contribution is 0.0776. The molecule has 0 unspecified atom stereocenters. The first-order valence-electron chi connectivity index (χ1n) is 2.53. The summed E-state index contributed by atoms with van der Waals surface area (Å²) in [5.41, 5.74) is 0. The van der Waals surface area contributed by atoms with Gasteiger partial charge in [0.15, 0.2) is 0 Å². The maximum atomic E-state index is 9.21. The van der Waals surface area contributed by atoms with E-state index in [4.69, 9.17) is 20.4 Å². The molecule has 96 valence electrons. The zero-order valence-electron chi connectivity index (χ0n) is 7.24. The van der Waals surface area contributed by atoms with Crippen molar-refractivity contribution in [1.29, 1.82) is 0 Å². The van der Waals surface area contributed by atoms with Gasteiger partial charge in [0.25, 0.3) is 0 Å². The summed E-state index contributed by atoms with van der Waals surface area (Å²) < 4.78 is 6.17. The van der Waals surface area contributed by atoms with Crippen LogP contribution in [0.5, 0.6) is 0 Å². The van der Waals surface area contributed by atoms with Gasteiger partial charge in [-0.05, 0) is 0 Å². The highest BCUT2D eigenvalue weighted by molar-refractivity contribution is 5.74. The van der Waals surface area contributed by atoms with Crippen molar-refractivity contribution >= 4 is 24.6 Å². The number of hydrogen-bond donors (Lipinski definition) is 4. The molecule has 0 aliphatic heterocycles. The molecular weight excluding hydrogens is 240 g/mol. The molecule has 0 aromatic heterocycles. The fourth-order valence-electron chi connectivity index (χ4n) is 0.149. The highest BCUT2D eigenvalue weighted by atomic mass is 16.7. The standard InChI is InChI=1S/2C2H2O5.2H2O/c2*3-1(4)7-2(5)6;;/h2*(H,3,4)(H,5,6);2*1H2. The molecule has 0 bridgehead atoms. The molecule has 0 saturated carbocycles. The number of carboxylic acid groups (broad SMARTS) is 4. The monoisotopic (exact) mass is 248 g/mol. The minimum Gasteiger partial charge on any atom is -0.449 e. The normalized spacial score (nSPS) is 6.50. The van der Waals surface area contributed by atoms with Crippen molar-refractivity contribution in [2.75, 3.05) is 0 Å². The zero-order chi connectivity index (χ0) is 11.7. The molecule has 0 rings (SSSR count). The largest absolute Gasteiger partial charge is 0.516 e. The molecule has 0 saturated heterocycles. The van der Waals surface area contributed by atoms with Crippen LogP contribution in [0.15, 0.2) is 0 Å². The molecule has 0 aliphatic carbocycles. The molecule has 12 nitrogen and oxygen atoms in total. The molecule has 0 heterocycles. The van der Waals surface area contributed by atoms with Crippen LogP contribution in [0, 0.1) is 0 Å². The molecule has 0 aliphatic rings. The Balaban J connectivity index is -0.0000000800. The fourth-order valence-corrected chi connectivity index (χ4v) is 0.149. The van der Waals surface area contributed by atoms with E-state index in [9.17, 15) is 19.2 Å². The molecule has 0 fully saturated rings. The van der Waals surface area contributed by atoms with E-state index in [1.165, 1.54) is 0 Å². The summed E-state index contributed by atoms with van der Waals surface area (Å²) in [5, 5.41) is 29.9. The van der Waals surface area contributed by atoms with E-state index in [2.05, 4.69) is 9.47 Å². The summed E-state index contributed by atoms with van der Waals surface area (Å²) in [6.45, 7) is 0. The topological polar surface area (TPSA) is 231 Å². The van der Waals surface area contributed by atoms with Gasteiger partial charge in [-0.2, -0.15) is 0 Å². The van der Waals surface area contributed by atoms with Crippen molar-refractivity contribution in [1.82, 2.24) is 0 Å². The third-order valence-corrected chi connectivity index (χ3v) is 0.349. The smallest absolute Gasteiger partial charge is 0.449 e. The molecule has 0 aromatic rings. The Hall–Kier alpha value is -2.60. The van der Waals surface area contributed by atoms with Gasteiger partial charge in [-0.1, -0.05) is 0 Å². The van der Waals surface area contributed by atoms with E-state index in [1.54, 1.807) is 0 Å². The Bertz CT molecular complexity index is 191. The molecular formula is C4H8O12. The van der Waals surface area contributed by atoms with Crippen molar-refractivity contribution in [3.05, 3.63) is 0 Å². The van der Waals surface area contributed by atoms with Gasteiger partial charge in [0, 0.05) is 0 Å². The van der Waals surface area contributed by atoms with Crippen LogP contribution < -0.4 is 0 Å². The first-order valence-corrected chi connectivity index (χ1v) is 2.53. The van der Waals surface area contributed by atoms with E-state index < -0.39 is 24.6 Å². The Labute approximate surface area is 85.9 Å². The average Bonchev–Trinajstić information content (AvgIpc) is 1.79. The SMILES string of the molecule is O.O.O=C(O)OC(=O)O.O=C(O)OC(=O)O. The third-order valence-electron chi connectivity index (χ3n) is 0.349. The number of ether oxygens (including phenoxy) is 2. The van der Waals surface area contributed by atoms with Crippen LogP contribution in [0.1, 0.15) is 0 Å². The van der Waals surface area contributed by atoms with E-state index in [-0.39, 0.29) is 11.0 Å². The van der Waals surface area contributed by atoms with E-state index >= 15 is 0 Å². The van der Waals surface area contributed by atoms with Gasteiger partial charge in [-0.15, -0.1) is 0 Å². The molecule has 12 heteroatoms. The summed E-state index contributed by atoms with van der Waals surface area (Å²) in [5.74, 6) is 0. The van der Waals surface area contributed by atoms with Gasteiger partial charge in [-0.3, -0.25) is 0 Å². The minimum absolute atomic E-state index is 0. The Morgan fingerprint density at radius 1 is 0.562 bits per heavy atom. The lowest BCUT2D eigenvalue weighted by Gasteiger charge is -1.84. The van der Waals surface area contributed by atoms with E-state index in [0.717, 1.165) is 0 Å². The molecule has 0 amide bonds. The summed E-state index contributed by atoms with van der Waals surface area (Å²) in [7, 11) is 0. The Morgan fingerprint density at radius 3 is 0.688 bits per heavy atom. The van der Waals surface area contributed by atoms with Crippen molar-refractivity contribution in [3.63, 3.8) is 0 Å². The van der Waals surface area contributed by atoms with Crippen LogP contribution in [0.25, 0.3) is 0 Å². The van der Waals surface area contributed by atoms with Gasteiger partial charge >= 0.3 is 24.6 Å². The molecule has 0 aromatic carbocycles. The van der Waals surface area contributed by atoms with Gasteiger partial charge in [0.2, 0.25) is 0 Å². The van der Waals surface area contributed by atoms with Crippen LogP contribution in [-0.4, -0.2) is 56.0 Å². The fraction of sp³-hybridized carbons (Fsp3) is 0. The quantitative estimate of drug-likeness (QED) is 0.303. The van der Waals surface area contributed by atoms with Crippen LogP contribution in [-0.2, 0) is 9.47 Å². The van der Waals surface area contributed by atoms with E-state index in [1.807, 2.05) is 0 Å². The first-order chi connectivity index (χ1) is 6.25. The second-order valence-electron chi connectivity index (χ2n) is 1.27. The summed E-state index contributed by atoms with van der Waals surface area (Å²) in [6.07, 6.45) is -7.25. The maximum Gasteiger partial charge on any atom is 0.516 e. The summed E-state index contributed by atoms with van der Waals surface area (Å²) in [6, 6.07) is 0. The van der Waals surface area contributed by atoms with Crippen LogP contribution >= 0.6 is 0 Å². The third kappa shape index (κ3) is 42.3. The molecule has 0 atom stereocenters. The molecule has 16 heavy (non-hydrogen) atoms. The van der Waals surface area contributed by atoms with Crippen molar-refractivity contribution in [2.45, 2.75) is 0 Å². The van der Waals surface area contributed by atoms with Gasteiger partial charge in [-0.25, -0.2) is 19.2 Å². The second-order valence-corrected chi connectivity index (χ2v) is 1.27. The van der Waals surface area contributed by atoms with E-state index in [0.29, 0.717) is 0 Å². The summed E-state index contributed by atoms with van der Waals surface area (Å²) in [4.78, 5) is 36.8. The number of hydrogen-bond acceptors (Lipinski definition) is 6. The second kappa shape index (κ2) is 12.4. The van der Waals surface area contributed by atoms with Gasteiger partial charge in [0.05, 0.1) is 0 Å². The van der Waals surface area contributed by atoms with Crippen LogP contribution in [0.4, 0.5) is 19.2 Å². The zero-order valence-corrected chi connectivity index (χ0v) is 7.24.